The van der Waals surface area contributed by atoms with Crippen LogP contribution < -0.4 is 5.32 Å². The Labute approximate surface area is 128 Å². The molecule has 2 aromatic rings. The van der Waals surface area contributed by atoms with Gasteiger partial charge in [0.2, 0.25) is 0 Å². The maximum Gasteiger partial charge on any atom is 0.0699 e. The normalized spacial score (nSPS) is 20.9. The lowest BCUT2D eigenvalue weighted by atomic mass is 10.1. The molecule has 2 unspecified atom stereocenters. The third-order valence-electron chi connectivity index (χ3n) is 3.74. The van der Waals surface area contributed by atoms with Crippen LogP contribution in [-0.4, -0.2) is 19.3 Å². The molecule has 0 bridgehead atoms. The Bertz CT molecular complexity index is 475. The average Bonchev–Trinajstić information content (AvgIpc) is 3.17. The maximum absolute atomic E-state index is 5.82. The summed E-state index contributed by atoms with van der Waals surface area (Å²) < 4.78 is 5.82. The van der Waals surface area contributed by atoms with Gasteiger partial charge >= 0.3 is 0 Å². The number of rotatable bonds is 6. The van der Waals surface area contributed by atoms with E-state index >= 15 is 0 Å². The van der Waals surface area contributed by atoms with Crippen LogP contribution in [0.15, 0.2) is 35.0 Å². The fraction of sp³-hybridized carbons (Fsp3) is 0.500. The van der Waals surface area contributed by atoms with E-state index in [9.17, 15) is 0 Å². The Morgan fingerprint density at radius 1 is 1.20 bits per heavy atom. The van der Waals surface area contributed by atoms with Gasteiger partial charge in [-0.05, 0) is 42.2 Å². The summed E-state index contributed by atoms with van der Waals surface area (Å²) in [5.74, 6) is 0. The van der Waals surface area contributed by atoms with Crippen LogP contribution in [0.3, 0.4) is 0 Å². The predicted molar refractivity (Wildman–Crippen MR) is 86.7 cm³/mol. The molecule has 1 N–H and O–H groups in total. The SMILES string of the molecule is c1csc(CC(NCC2CCCCO2)c2cccs2)c1. The zero-order valence-corrected chi connectivity index (χ0v) is 13.2. The van der Waals surface area contributed by atoms with Crippen LogP contribution in [0.25, 0.3) is 0 Å². The Kier molecular flexibility index (Phi) is 5.25. The van der Waals surface area contributed by atoms with Crippen LogP contribution >= 0.6 is 22.7 Å². The molecule has 0 spiro atoms. The summed E-state index contributed by atoms with van der Waals surface area (Å²) in [6.07, 6.45) is 5.20. The molecule has 4 heteroatoms. The van der Waals surface area contributed by atoms with Gasteiger partial charge in [0.25, 0.3) is 0 Å². The first-order valence-electron chi connectivity index (χ1n) is 7.32. The minimum Gasteiger partial charge on any atom is -0.377 e. The highest BCUT2D eigenvalue weighted by Gasteiger charge is 2.18. The van der Waals surface area contributed by atoms with E-state index in [2.05, 4.69) is 40.3 Å². The van der Waals surface area contributed by atoms with E-state index in [0.29, 0.717) is 12.1 Å². The van der Waals surface area contributed by atoms with Gasteiger partial charge in [0.05, 0.1) is 6.10 Å². The number of hydrogen-bond acceptors (Lipinski definition) is 4. The van der Waals surface area contributed by atoms with Gasteiger partial charge < -0.3 is 10.1 Å². The van der Waals surface area contributed by atoms with Crippen molar-refractivity contribution in [3.63, 3.8) is 0 Å². The van der Waals surface area contributed by atoms with E-state index in [4.69, 9.17) is 4.74 Å². The van der Waals surface area contributed by atoms with Crippen molar-refractivity contribution in [3.05, 3.63) is 44.8 Å². The largest absolute Gasteiger partial charge is 0.377 e. The Morgan fingerprint density at radius 3 is 2.80 bits per heavy atom. The zero-order chi connectivity index (χ0) is 13.6. The third-order valence-corrected chi connectivity index (χ3v) is 5.62. The first-order valence-corrected chi connectivity index (χ1v) is 9.08. The Balaban J connectivity index is 1.60. The molecule has 0 aromatic carbocycles. The number of hydrogen-bond donors (Lipinski definition) is 1. The van der Waals surface area contributed by atoms with Gasteiger partial charge in [0.15, 0.2) is 0 Å². The lowest BCUT2D eigenvalue weighted by molar-refractivity contribution is 0.0154. The van der Waals surface area contributed by atoms with E-state index in [1.807, 2.05) is 22.7 Å². The van der Waals surface area contributed by atoms with Crippen LogP contribution in [0.5, 0.6) is 0 Å². The second-order valence-corrected chi connectivity index (χ2v) is 7.26. The van der Waals surface area contributed by atoms with Crippen LogP contribution in [0.2, 0.25) is 0 Å². The summed E-state index contributed by atoms with van der Waals surface area (Å²) >= 11 is 3.68. The number of thiophene rings is 2. The van der Waals surface area contributed by atoms with Gasteiger partial charge in [-0.25, -0.2) is 0 Å². The van der Waals surface area contributed by atoms with Gasteiger partial charge in [0.1, 0.15) is 0 Å². The van der Waals surface area contributed by atoms with Gasteiger partial charge in [-0.1, -0.05) is 12.1 Å². The number of ether oxygens (including phenoxy) is 1. The van der Waals surface area contributed by atoms with Crippen molar-refractivity contribution in [2.24, 2.45) is 0 Å². The summed E-state index contributed by atoms with van der Waals surface area (Å²) in [7, 11) is 0. The highest BCUT2D eigenvalue weighted by Crippen LogP contribution is 2.25. The molecule has 2 atom stereocenters. The molecule has 1 fully saturated rings. The van der Waals surface area contributed by atoms with E-state index in [0.717, 1.165) is 19.6 Å². The van der Waals surface area contributed by atoms with E-state index in [1.165, 1.54) is 29.0 Å². The lowest BCUT2D eigenvalue weighted by Crippen LogP contribution is -2.34. The summed E-state index contributed by atoms with van der Waals surface area (Å²) in [6, 6.07) is 9.15. The standard InChI is InChI=1S/C16H21NOS2/c1-2-8-18-13(5-1)12-17-15(16-7-4-10-20-16)11-14-6-3-9-19-14/h3-4,6-7,9-10,13,15,17H,1-2,5,8,11-12H2. The van der Waals surface area contributed by atoms with Crippen LogP contribution in [0, 0.1) is 0 Å². The fourth-order valence-electron chi connectivity index (χ4n) is 2.63. The minimum absolute atomic E-state index is 0.398. The Hall–Kier alpha value is -0.680. The van der Waals surface area contributed by atoms with Crippen molar-refractivity contribution in [2.75, 3.05) is 13.2 Å². The molecule has 0 aliphatic carbocycles. The first kappa shape index (κ1) is 14.3. The molecule has 0 saturated carbocycles. The molecule has 3 heterocycles. The van der Waals surface area contributed by atoms with Gasteiger partial charge in [0, 0.05) is 35.4 Å². The van der Waals surface area contributed by atoms with Crippen molar-refractivity contribution in [1.82, 2.24) is 5.32 Å². The van der Waals surface area contributed by atoms with Crippen molar-refractivity contribution >= 4 is 22.7 Å². The van der Waals surface area contributed by atoms with E-state index < -0.39 is 0 Å². The molecule has 1 aliphatic rings. The maximum atomic E-state index is 5.82. The molecule has 2 aromatic heterocycles. The minimum atomic E-state index is 0.398. The van der Waals surface area contributed by atoms with Crippen molar-refractivity contribution in [2.45, 2.75) is 37.8 Å². The van der Waals surface area contributed by atoms with Crippen LogP contribution in [0.4, 0.5) is 0 Å². The zero-order valence-electron chi connectivity index (χ0n) is 11.6. The van der Waals surface area contributed by atoms with Crippen molar-refractivity contribution < 1.29 is 4.74 Å². The second kappa shape index (κ2) is 7.36. The summed E-state index contributed by atoms with van der Waals surface area (Å²) in [6.45, 7) is 1.90. The van der Waals surface area contributed by atoms with Gasteiger partial charge in [-0.3, -0.25) is 0 Å². The predicted octanol–water partition coefficient (Wildman–Crippen LogP) is 4.25. The lowest BCUT2D eigenvalue weighted by Gasteiger charge is -2.25. The van der Waals surface area contributed by atoms with E-state index in [1.54, 1.807) is 0 Å². The summed E-state index contributed by atoms with van der Waals surface area (Å²) in [5, 5.41) is 8.04. The monoisotopic (exact) mass is 307 g/mol. The highest BCUT2D eigenvalue weighted by atomic mass is 32.1. The molecule has 20 heavy (non-hydrogen) atoms. The fourth-order valence-corrected chi connectivity index (χ4v) is 4.19. The first-order chi connectivity index (χ1) is 9.92. The summed E-state index contributed by atoms with van der Waals surface area (Å²) in [5.41, 5.74) is 0. The Morgan fingerprint density at radius 2 is 2.10 bits per heavy atom. The molecule has 1 aliphatic heterocycles. The van der Waals surface area contributed by atoms with E-state index in [-0.39, 0.29) is 0 Å². The molecule has 0 radical (unpaired) electrons. The molecular formula is C16H21NOS2. The molecular weight excluding hydrogens is 286 g/mol. The molecule has 2 nitrogen and oxygen atoms in total. The van der Waals surface area contributed by atoms with Gasteiger partial charge in [-0.2, -0.15) is 0 Å². The van der Waals surface area contributed by atoms with Crippen molar-refractivity contribution in [3.8, 4) is 0 Å². The molecule has 108 valence electrons. The number of nitrogens with one attached hydrogen (secondary N) is 1. The third kappa shape index (κ3) is 3.92. The highest BCUT2D eigenvalue weighted by molar-refractivity contribution is 7.10. The smallest absolute Gasteiger partial charge is 0.0699 e. The average molecular weight is 307 g/mol. The summed E-state index contributed by atoms with van der Waals surface area (Å²) in [4.78, 5) is 2.87. The molecule has 0 amide bonds. The topological polar surface area (TPSA) is 21.3 Å². The molecule has 3 rings (SSSR count). The quantitative estimate of drug-likeness (QED) is 0.861. The second-order valence-electron chi connectivity index (χ2n) is 5.25. The van der Waals surface area contributed by atoms with Crippen molar-refractivity contribution in [1.29, 1.82) is 0 Å². The molecule has 1 saturated heterocycles. The van der Waals surface area contributed by atoms with Gasteiger partial charge in [-0.15, -0.1) is 22.7 Å². The van der Waals surface area contributed by atoms with Crippen LogP contribution in [-0.2, 0) is 11.2 Å². The van der Waals surface area contributed by atoms with Crippen LogP contribution in [0.1, 0.15) is 35.1 Å².